The van der Waals surface area contributed by atoms with Crippen LogP contribution >= 0.6 is 11.6 Å². The molecule has 21 heavy (non-hydrogen) atoms. The number of nitrogens with one attached hydrogen (secondary N) is 1. The highest BCUT2D eigenvalue weighted by atomic mass is 35.5. The molecule has 2 atom stereocenters. The third-order valence-corrected chi connectivity index (χ3v) is 4.23. The predicted octanol–water partition coefficient (Wildman–Crippen LogP) is 3.99. The summed E-state index contributed by atoms with van der Waals surface area (Å²) < 4.78 is 13.3. The van der Waals surface area contributed by atoms with Gasteiger partial charge in [-0.2, -0.15) is 0 Å². The van der Waals surface area contributed by atoms with Gasteiger partial charge in [0.15, 0.2) is 0 Å². The molecule has 1 aliphatic rings. The van der Waals surface area contributed by atoms with Crippen molar-refractivity contribution in [2.75, 3.05) is 5.32 Å². The minimum absolute atomic E-state index is 0.108. The molecule has 1 aromatic carbocycles. The largest absolute Gasteiger partial charge is 0.393 e. The summed E-state index contributed by atoms with van der Waals surface area (Å²) in [5, 5.41) is 13.0. The monoisotopic (exact) mass is 313 g/mol. The van der Waals surface area contributed by atoms with Crippen LogP contribution in [0.25, 0.3) is 0 Å². The van der Waals surface area contributed by atoms with Gasteiger partial charge >= 0.3 is 0 Å². The van der Waals surface area contributed by atoms with Gasteiger partial charge < -0.3 is 10.4 Å². The van der Waals surface area contributed by atoms with Crippen molar-refractivity contribution in [3.05, 3.63) is 29.0 Å². The molecule has 3 nitrogen and oxygen atoms in total. The van der Waals surface area contributed by atoms with Crippen molar-refractivity contribution in [3.8, 4) is 0 Å². The molecule has 0 heterocycles. The number of benzene rings is 1. The van der Waals surface area contributed by atoms with Crippen LogP contribution in [0.4, 0.5) is 10.1 Å². The molecule has 1 amide bonds. The molecule has 1 aliphatic carbocycles. The van der Waals surface area contributed by atoms with Crippen LogP contribution in [0.3, 0.4) is 0 Å². The van der Waals surface area contributed by atoms with E-state index in [1.54, 1.807) is 0 Å². The van der Waals surface area contributed by atoms with Crippen LogP contribution in [0.15, 0.2) is 18.2 Å². The Balaban J connectivity index is 2.18. The first-order chi connectivity index (χ1) is 9.59. The third kappa shape index (κ3) is 3.95. The fraction of sp³-hybridized carbons (Fsp3) is 0.562. The fourth-order valence-electron chi connectivity index (χ4n) is 3.51. The van der Waals surface area contributed by atoms with Crippen molar-refractivity contribution in [3.63, 3.8) is 0 Å². The molecule has 0 aromatic heterocycles. The van der Waals surface area contributed by atoms with Gasteiger partial charge in [-0.1, -0.05) is 32.4 Å². The lowest BCUT2D eigenvalue weighted by Gasteiger charge is -2.43. The summed E-state index contributed by atoms with van der Waals surface area (Å²) >= 11 is 5.79. The average Bonchev–Trinajstić information content (AvgIpc) is 2.23. The molecule has 0 radical (unpaired) electrons. The Morgan fingerprint density at radius 3 is 2.57 bits per heavy atom. The number of aliphatic hydroxyl groups is 1. The smallest absolute Gasteiger partial charge is 0.230 e. The normalized spacial score (nSPS) is 28.2. The maximum atomic E-state index is 13.3. The highest BCUT2D eigenvalue weighted by Crippen LogP contribution is 2.46. The van der Waals surface area contributed by atoms with Crippen LogP contribution < -0.4 is 5.32 Å². The first kappa shape index (κ1) is 16.2. The lowest BCUT2D eigenvalue weighted by atomic mass is 9.63. The Morgan fingerprint density at radius 2 is 2.00 bits per heavy atom. The zero-order chi connectivity index (χ0) is 15.8. The Bertz CT molecular complexity index is 541. The average molecular weight is 314 g/mol. The minimum atomic E-state index is -0.681. The zero-order valence-electron chi connectivity index (χ0n) is 12.5. The van der Waals surface area contributed by atoms with E-state index in [1.165, 1.54) is 18.2 Å². The van der Waals surface area contributed by atoms with E-state index in [2.05, 4.69) is 5.32 Å². The zero-order valence-corrected chi connectivity index (χ0v) is 13.3. The molecular weight excluding hydrogens is 293 g/mol. The van der Waals surface area contributed by atoms with E-state index in [4.69, 9.17) is 11.6 Å². The molecule has 1 aromatic rings. The van der Waals surface area contributed by atoms with Gasteiger partial charge in [0, 0.05) is 16.1 Å². The number of rotatable bonds is 2. The van der Waals surface area contributed by atoms with Crippen LogP contribution in [-0.2, 0) is 4.79 Å². The molecule has 116 valence electrons. The minimum Gasteiger partial charge on any atom is -0.393 e. The Hall–Kier alpha value is -1.13. The van der Waals surface area contributed by atoms with Crippen molar-refractivity contribution in [1.82, 2.24) is 0 Å². The fourth-order valence-corrected chi connectivity index (χ4v) is 3.73. The van der Waals surface area contributed by atoms with Crippen LogP contribution in [0.5, 0.6) is 0 Å². The predicted molar refractivity (Wildman–Crippen MR) is 81.8 cm³/mol. The Labute approximate surface area is 129 Å². The number of anilines is 1. The van der Waals surface area contributed by atoms with E-state index in [1.807, 2.05) is 20.8 Å². The Morgan fingerprint density at radius 1 is 1.33 bits per heavy atom. The maximum absolute atomic E-state index is 13.3. The van der Waals surface area contributed by atoms with Crippen molar-refractivity contribution < 1.29 is 14.3 Å². The molecule has 1 fully saturated rings. The maximum Gasteiger partial charge on any atom is 0.230 e. The van der Waals surface area contributed by atoms with Crippen LogP contribution in [0.2, 0.25) is 5.02 Å². The number of carbonyl (C=O) groups is 1. The molecule has 0 spiro atoms. The van der Waals surface area contributed by atoms with Gasteiger partial charge in [0.05, 0.1) is 6.10 Å². The second-order valence-corrected chi connectivity index (χ2v) is 7.51. The van der Waals surface area contributed by atoms with Gasteiger partial charge in [0.25, 0.3) is 0 Å². The van der Waals surface area contributed by atoms with E-state index >= 15 is 0 Å². The summed E-state index contributed by atoms with van der Waals surface area (Å²) in [7, 11) is 0. The molecule has 0 aliphatic heterocycles. The van der Waals surface area contributed by atoms with Gasteiger partial charge in [-0.15, -0.1) is 0 Å². The number of aliphatic hydroxyl groups excluding tert-OH is 1. The van der Waals surface area contributed by atoms with Gasteiger partial charge in [-0.05, 0) is 42.9 Å². The number of hydrogen-bond acceptors (Lipinski definition) is 2. The van der Waals surface area contributed by atoms with E-state index in [0.29, 0.717) is 24.9 Å². The lowest BCUT2D eigenvalue weighted by Crippen LogP contribution is -2.45. The molecule has 2 unspecified atom stereocenters. The van der Waals surface area contributed by atoms with E-state index < -0.39 is 17.3 Å². The summed E-state index contributed by atoms with van der Waals surface area (Å²) in [6.07, 6.45) is 1.26. The number of halogens is 2. The quantitative estimate of drug-likeness (QED) is 0.867. The second-order valence-electron chi connectivity index (χ2n) is 7.08. The molecule has 1 saturated carbocycles. The third-order valence-electron chi connectivity index (χ3n) is 4.01. The lowest BCUT2D eigenvalue weighted by molar-refractivity contribution is -0.132. The molecule has 5 heteroatoms. The number of carbonyl (C=O) groups excluding carboxylic acids is 1. The van der Waals surface area contributed by atoms with E-state index in [-0.39, 0.29) is 16.3 Å². The molecule has 0 saturated heterocycles. The van der Waals surface area contributed by atoms with Crippen molar-refractivity contribution in [1.29, 1.82) is 0 Å². The number of hydrogen-bond donors (Lipinski definition) is 2. The van der Waals surface area contributed by atoms with Gasteiger partial charge in [-0.25, -0.2) is 4.39 Å². The highest BCUT2D eigenvalue weighted by molar-refractivity contribution is 6.30. The SMILES string of the molecule is CC1(C)CC(O)CC(C)(C(=O)Nc2cc(F)cc(Cl)c2)C1. The van der Waals surface area contributed by atoms with E-state index in [0.717, 1.165) is 0 Å². The van der Waals surface area contributed by atoms with Crippen LogP contribution in [0, 0.1) is 16.6 Å². The van der Waals surface area contributed by atoms with Gasteiger partial charge in [0.1, 0.15) is 5.82 Å². The summed E-state index contributed by atoms with van der Waals surface area (Å²) in [6.45, 7) is 5.92. The summed E-state index contributed by atoms with van der Waals surface area (Å²) in [6, 6.07) is 3.93. The first-order valence-electron chi connectivity index (χ1n) is 7.05. The highest BCUT2D eigenvalue weighted by Gasteiger charge is 2.45. The van der Waals surface area contributed by atoms with Gasteiger partial charge in [-0.3, -0.25) is 4.79 Å². The number of amides is 1. The van der Waals surface area contributed by atoms with Gasteiger partial charge in [0.2, 0.25) is 5.91 Å². The summed E-state index contributed by atoms with van der Waals surface area (Å²) in [4.78, 5) is 12.6. The molecule has 2 rings (SSSR count). The summed E-state index contributed by atoms with van der Waals surface area (Å²) in [5.74, 6) is -0.706. The van der Waals surface area contributed by atoms with Crippen molar-refractivity contribution in [2.45, 2.75) is 46.1 Å². The topological polar surface area (TPSA) is 49.3 Å². The van der Waals surface area contributed by atoms with Crippen LogP contribution in [-0.4, -0.2) is 17.1 Å². The first-order valence-corrected chi connectivity index (χ1v) is 7.43. The van der Waals surface area contributed by atoms with Crippen LogP contribution in [0.1, 0.15) is 40.0 Å². The summed E-state index contributed by atoms with van der Waals surface area (Å²) in [5.41, 5.74) is -0.451. The molecular formula is C16H21ClFNO2. The Kier molecular flexibility index (Phi) is 4.31. The molecule has 0 bridgehead atoms. The van der Waals surface area contributed by atoms with Crippen molar-refractivity contribution in [2.24, 2.45) is 10.8 Å². The molecule has 2 N–H and O–H groups in total. The van der Waals surface area contributed by atoms with E-state index in [9.17, 15) is 14.3 Å². The standard InChI is InChI=1S/C16H21ClFNO2/c1-15(2)7-13(20)8-16(3,9-15)14(21)19-12-5-10(17)4-11(18)6-12/h4-6,13,20H,7-9H2,1-3H3,(H,19,21). The van der Waals surface area contributed by atoms with Crippen molar-refractivity contribution >= 4 is 23.2 Å². The second kappa shape index (κ2) is 5.58.